The smallest absolute Gasteiger partial charge is 0.123 e. The third-order valence-corrected chi connectivity index (χ3v) is 3.42. The van der Waals surface area contributed by atoms with Crippen molar-refractivity contribution in [3.63, 3.8) is 0 Å². The van der Waals surface area contributed by atoms with E-state index in [0.29, 0.717) is 5.82 Å². The molecule has 0 bridgehead atoms. The van der Waals surface area contributed by atoms with Gasteiger partial charge in [0, 0.05) is 16.8 Å². The SMILES string of the molecule is Nc1ccc(SCc2ccc(CO)cc2)cn1. The average molecular weight is 246 g/mol. The zero-order valence-electron chi connectivity index (χ0n) is 9.34. The standard InChI is InChI=1S/C13H14N2OS/c14-13-6-5-12(7-15-13)17-9-11-3-1-10(8-16)2-4-11/h1-7,16H,8-9H2,(H2,14,15). The number of aliphatic hydroxyl groups is 1. The van der Waals surface area contributed by atoms with Crippen LogP contribution in [0.25, 0.3) is 0 Å². The van der Waals surface area contributed by atoms with Crippen molar-refractivity contribution in [3.8, 4) is 0 Å². The molecule has 1 aromatic carbocycles. The highest BCUT2D eigenvalue weighted by molar-refractivity contribution is 7.98. The van der Waals surface area contributed by atoms with E-state index in [2.05, 4.69) is 4.98 Å². The maximum absolute atomic E-state index is 8.94. The number of aliphatic hydroxyl groups excluding tert-OH is 1. The van der Waals surface area contributed by atoms with Gasteiger partial charge in [-0.15, -0.1) is 11.8 Å². The first-order valence-electron chi connectivity index (χ1n) is 5.31. The summed E-state index contributed by atoms with van der Waals surface area (Å²) in [7, 11) is 0. The van der Waals surface area contributed by atoms with Crippen LogP contribution in [0.2, 0.25) is 0 Å². The van der Waals surface area contributed by atoms with Crippen molar-refractivity contribution in [3.05, 3.63) is 53.7 Å². The van der Waals surface area contributed by atoms with Crippen molar-refractivity contribution in [1.29, 1.82) is 0 Å². The fraction of sp³-hybridized carbons (Fsp3) is 0.154. The molecule has 1 aromatic heterocycles. The quantitative estimate of drug-likeness (QED) is 0.814. The Morgan fingerprint density at radius 1 is 1.06 bits per heavy atom. The molecule has 2 rings (SSSR count). The topological polar surface area (TPSA) is 59.1 Å². The number of anilines is 1. The van der Waals surface area contributed by atoms with Gasteiger partial charge in [0.05, 0.1) is 6.61 Å². The first-order valence-corrected chi connectivity index (χ1v) is 6.29. The van der Waals surface area contributed by atoms with E-state index in [1.54, 1.807) is 24.0 Å². The maximum atomic E-state index is 8.94. The third kappa shape index (κ3) is 3.47. The molecule has 3 N–H and O–H groups in total. The minimum Gasteiger partial charge on any atom is -0.392 e. The van der Waals surface area contributed by atoms with Crippen molar-refractivity contribution >= 4 is 17.6 Å². The molecule has 17 heavy (non-hydrogen) atoms. The van der Waals surface area contributed by atoms with Crippen LogP contribution < -0.4 is 5.73 Å². The van der Waals surface area contributed by atoms with Crippen LogP contribution in [0.5, 0.6) is 0 Å². The second-order valence-electron chi connectivity index (χ2n) is 3.68. The summed E-state index contributed by atoms with van der Waals surface area (Å²) in [6.07, 6.45) is 1.78. The van der Waals surface area contributed by atoms with Crippen LogP contribution in [0.4, 0.5) is 5.82 Å². The van der Waals surface area contributed by atoms with Gasteiger partial charge in [0.15, 0.2) is 0 Å². The maximum Gasteiger partial charge on any atom is 0.123 e. The molecular weight excluding hydrogens is 232 g/mol. The number of nitrogens with two attached hydrogens (primary N) is 1. The molecule has 88 valence electrons. The zero-order chi connectivity index (χ0) is 12.1. The molecule has 2 aromatic rings. The minimum absolute atomic E-state index is 0.0926. The first kappa shape index (κ1) is 12.0. The molecule has 0 fully saturated rings. The molecule has 1 heterocycles. The third-order valence-electron chi connectivity index (χ3n) is 2.37. The minimum atomic E-state index is 0.0926. The van der Waals surface area contributed by atoms with E-state index in [1.165, 1.54) is 5.56 Å². The summed E-state index contributed by atoms with van der Waals surface area (Å²) < 4.78 is 0. The number of benzene rings is 1. The van der Waals surface area contributed by atoms with Crippen LogP contribution in [-0.2, 0) is 12.4 Å². The number of thioether (sulfide) groups is 1. The Labute approximate surface area is 105 Å². The molecule has 0 aliphatic heterocycles. The normalized spacial score (nSPS) is 10.4. The molecule has 4 heteroatoms. The Balaban J connectivity index is 1.95. The van der Waals surface area contributed by atoms with E-state index in [4.69, 9.17) is 10.8 Å². The Kier molecular flexibility index (Phi) is 4.01. The van der Waals surface area contributed by atoms with Gasteiger partial charge in [0.2, 0.25) is 0 Å². The van der Waals surface area contributed by atoms with E-state index >= 15 is 0 Å². The predicted octanol–water partition coefficient (Wildman–Crippen LogP) is 2.45. The molecule has 0 saturated heterocycles. The first-order chi connectivity index (χ1) is 8.28. The van der Waals surface area contributed by atoms with Crippen LogP contribution >= 0.6 is 11.8 Å². The average Bonchev–Trinajstić information content (AvgIpc) is 2.39. The van der Waals surface area contributed by atoms with Crippen molar-refractivity contribution in [2.75, 3.05) is 5.73 Å². The van der Waals surface area contributed by atoms with E-state index in [0.717, 1.165) is 16.2 Å². The van der Waals surface area contributed by atoms with E-state index in [-0.39, 0.29) is 6.61 Å². The zero-order valence-corrected chi connectivity index (χ0v) is 10.2. The fourth-order valence-electron chi connectivity index (χ4n) is 1.38. The lowest BCUT2D eigenvalue weighted by Crippen LogP contribution is -1.88. The molecule has 0 saturated carbocycles. The summed E-state index contributed by atoms with van der Waals surface area (Å²) >= 11 is 1.72. The van der Waals surface area contributed by atoms with Gasteiger partial charge in [-0.25, -0.2) is 4.98 Å². The van der Waals surface area contributed by atoms with Gasteiger partial charge in [-0.1, -0.05) is 24.3 Å². The Morgan fingerprint density at radius 2 is 1.76 bits per heavy atom. The Morgan fingerprint density at radius 3 is 2.35 bits per heavy atom. The Bertz CT molecular complexity index is 468. The lowest BCUT2D eigenvalue weighted by Gasteiger charge is -2.03. The van der Waals surface area contributed by atoms with Gasteiger partial charge in [0.25, 0.3) is 0 Å². The predicted molar refractivity (Wildman–Crippen MR) is 70.6 cm³/mol. The number of nitrogens with zero attached hydrogens (tertiary/aromatic N) is 1. The van der Waals surface area contributed by atoms with Crippen molar-refractivity contribution in [2.45, 2.75) is 17.3 Å². The molecule has 0 spiro atoms. The highest BCUT2D eigenvalue weighted by Gasteiger charge is 1.97. The van der Waals surface area contributed by atoms with Crippen LogP contribution in [0.3, 0.4) is 0 Å². The number of nitrogen functional groups attached to an aromatic ring is 1. The van der Waals surface area contributed by atoms with Gasteiger partial charge < -0.3 is 10.8 Å². The molecule has 0 amide bonds. The van der Waals surface area contributed by atoms with Gasteiger partial charge in [-0.05, 0) is 23.3 Å². The monoisotopic (exact) mass is 246 g/mol. The summed E-state index contributed by atoms with van der Waals surface area (Å²) in [4.78, 5) is 5.14. The van der Waals surface area contributed by atoms with E-state index in [1.807, 2.05) is 30.3 Å². The van der Waals surface area contributed by atoms with Gasteiger partial charge in [-0.2, -0.15) is 0 Å². The molecule has 0 aliphatic carbocycles. The number of rotatable bonds is 4. The van der Waals surface area contributed by atoms with E-state index in [9.17, 15) is 0 Å². The lowest BCUT2D eigenvalue weighted by atomic mass is 10.2. The lowest BCUT2D eigenvalue weighted by molar-refractivity contribution is 0.282. The van der Waals surface area contributed by atoms with Crippen LogP contribution in [0.15, 0.2) is 47.5 Å². The van der Waals surface area contributed by atoms with Gasteiger partial charge >= 0.3 is 0 Å². The van der Waals surface area contributed by atoms with Crippen molar-refractivity contribution in [1.82, 2.24) is 4.98 Å². The van der Waals surface area contributed by atoms with Crippen LogP contribution in [0.1, 0.15) is 11.1 Å². The second kappa shape index (κ2) is 5.70. The van der Waals surface area contributed by atoms with E-state index < -0.39 is 0 Å². The number of aromatic nitrogens is 1. The summed E-state index contributed by atoms with van der Waals surface area (Å²) in [6.45, 7) is 0.0926. The van der Waals surface area contributed by atoms with Gasteiger partial charge in [0.1, 0.15) is 5.82 Å². The van der Waals surface area contributed by atoms with Crippen LogP contribution in [-0.4, -0.2) is 10.1 Å². The summed E-state index contributed by atoms with van der Waals surface area (Å²) in [5.74, 6) is 1.43. The van der Waals surface area contributed by atoms with Gasteiger partial charge in [-0.3, -0.25) is 0 Å². The number of hydrogen-bond donors (Lipinski definition) is 2. The van der Waals surface area contributed by atoms with Crippen molar-refractivity contribution in [2.24, 2.45) is 0 Å². The Hall–Kier alpha value is -1.52. The fourth-order valence-corrected chi connectivity index (χ4v) is 2.20. The molecule has 0 radical (unpaired) electrons. The highest BCUT2D eigenvalue weighted by atomic mass is 32.2. The molecule has 0 unspecified atom stereocenters. The van der Waals surface area contributed by atoms with Crippen LogP contribution in [0, 0.1) is 0 Å². The number of pyridine rings is 1. The number of hydrogen-bond acceptors (Lipinski definition) is 4. The molecule has 0 atom stereocenters. The summed E-state index contributed by atoms with van der Waals surface area (Å²) in [5, 5.41) is 8.94. The molecule has 3 nitrogen and oxygen atoms in total. The largest absolute Gasteiger partial charge is 0.392 e. The second-order valence-corrected chi connectivity index (χ2v) is 4.73. The van der Waals surface area contributed by atoms with Crippen molar-refractivity contribution < 1.29 is 5.11 Å². The summed E-state index contributed by atoms with van der Waals surface area (Å²) in [5.41, 5.74) is 7.69. The molecule has 0 aliphatic rings. The molecular formula is C13H14N2OS. The highest BCUT2D eigenvalue weighted by Crippen LogP contribution is 2.22. The summed E-state index contributed by atoms with van der Waals surface area (Å²) in [6, 6.07) is 11.7.